The van der Waals surface area contributed by atoms with Gasteiger partial charge in [0.25, 0.3) is 5.01 Å². The summed E-state index contributed by atoms with van der Waals surface area (Å²) in [4.78, 5) is 4.91. The number of aromatic nitrogens is 1. The van der Waals surface area contributed by atoms with Crippen molar-refractivity contribution in [3.8, 4) is 5.88 Å². The van der Waals surface area contributed by atoms with E-state index in [1.54, 1.807) is 11.3 Å². The lowest BCUT2D eigenvalue weighted by atomic mass is 9.87. The second kappa shape index (κ2) is 11.9. The summed E-state index contributed by atoms with van der Waals surface area (Å²) in [7, 11) is -4.94. The lowest BCUT2D eigenvalue weighted by Crippen LogP contribution is -2.68. The Bertz CT molecular complexity index is 1420. The summed E-state index contributed by atoms with van der Waals surface area (Å²) in [6, 6.07) is 19.2. The number of hydrogen-bond acceptors (Lipinski definition) is 8. The molecule has 7 nitrogen and oxygen atoms in total. The maximum atomic E-state index is 8.49. The molecule has 0 amide bonds. The molecule has 0 radical (unpaired) electrons. The van der Waals surface area contributed by atoms with E-state index >= 15 is 0 Å². The van der Waals surface area contributed by atoms with Crippen LogP contribution in [0.3, 0.4) is 0 Å². The third-order valence-corrected chi connectivity index (χ3v) is 8.81. The molecule has 206 valence electrons. The largest absolute Gasteiger partial charge is 0.427 e. The van der Waals surface area contributed by atoms with Crippen LogP contribution in [0.4, 0.5) is 5.69 Å². The van der Waals surface area contributed by atoms with Gasteiger partial charge in [-0.15, -0.1) is 10.2 Å². The van der Waals surface area contributed by atoms with Crippen molar-refractivity contribution in [3.05, 3.63) is 92.3 Å². The van der Waals surface area contributed by atoms with Gasteiger partial charge in [-0.05, 0) is 75.6 Å². The maximum Gasteiger partial charge on any atom is 0.388 e. The van der Waals surface area contributed by atoms with Crippen LogP contribution in [0, 0.1) is 10.2 Å². The van der Waals surface area contributed by atoms with Gasteiger partial charge in [-0.25, -0.2) is 18.6 Å². The van der Waals surface area contributed by atoms with E-state index in [1.807, 2.05) is 11.8 Å². The molecule has 0 saturated carbocycles. The van der Waals surface area contributed by atoms with Crippen molar-refractivity contribution in [1.82, 2.24) is 0 Å². The summed E-state index contributed by atoms with van der Waals surface area (Å²) in [5.41, 5.74) is 4.49. The molecule has 10 heteroatoms. The van der Waals surface area contributed by atoms with Crippen molar-refractivity contribution in [1.29, 1.82) is 0 Å². The standard InChI is InChI=1S/C29H31N2OS2.ClHO4/c1-6-30-23-15-11-12-16-24(23)33-26(30)17-20(3)18-27-31(7-2)28-25(34-27)19-21(4)29(5,32-28)22-13-9-8-10-14-22;2-1(3,4)5/h8-19H,6-7H2,1-5H3;(H,2,3,4,5)/q+1;/p-1. The Morgan fingerprint density at radius 2 is 1.69 bits per heavy atom. The van der Waals surface area contributed by atoms with Crippen molar-refractivity contribution in [2.24, 2.45) is 0 Å². The maximum absolute atomic E-state index is 8.49. The van der Waals surface area contributed by atoms with Crippen LogP contribution < -0.4 is 32.8 Å². The molecule has 2 aliphatic heterocycles. The van der Waals surface area contributed by atoms with Gasteiger partial charge >= 0.3 is 5.88 Å². The highest BCUT2D eigenvalue weighted by Gasteiger charge is 2.41. The zero-order valence-electron chi connectivity index (χ0n) is 22.5. The number of thioether (sulfide) groups is 1. The van der Waals surface area contributed by atoms with Gasteiger partial charge in [-0.3, -0.25) is 0 Å². The molecule has 0 fully saturated rings. The van der Waals surface area contributed by atoms with Crippen LogP contribution in [-0.4, -0.2) is 6.54 Å². The molecule has 1 aromatic heterocycles. The molecule has 3 heterocycles. The average Bonchev–Trinajstić information content (AvgIpc) is 3.39. The predicted octanol–water partition coefficient (Wildman–Crippen LogP) is 2.89. The van der Waals surface area contributed by atoms with Crippen LogP contribution in [0.5, 0.6) is 5.88 Å². The van der Waals surface area contributed by atoms with Gasteiger partial charge in [0.1, 0.15) is 4.88 Å². The lowest BCUT2D eigenvalue weighted by Gasteiger charge is -2.32. The molecule has 2 aromatic carbocycles. The second-order valence-corrected chi connectivity index (χ2v) is 12.1. The Hall–Kier alpha value is -2.63. The Morgan fingerprint density at radius 3 is 2.33 bits per heavy atom. The van der Waals surface area contributed by atoms with Gasteiger partial charge < -0.3 is 9.64 Å². The number of para-hydroxylation sites is 1. The van der Waals surface area contributed by atoms with Gasteiger partial charge in [0.15, 0.2) is 12.1 Å². The molecule has 1 atom stereocenters. The number of nitrogens with zero attached hydrogens (tertiary/aromatic N) is 2. The van der Waals surface area contributed by atoms with E-state index in [9.17, 15) is 0 Å². The van der Waals surface area contributed by atoms with Crippen molar-refractivity contribution >= 4 is 40.9 Å². The molecule has 1 unspecified atom stereocenters. The summed E-state index contributed by atoms with van der Waals surface area (Å²) in [5.74, 6) is 0.967. The molecule has 3 aromatic rings. The number of fused-ring (bicyclic) bond motifs is 2. The number of hydrogen-bond donors (Lipinski definition) is 0. The Balaban J connectivity index is 0.000000648. The summed E-state index contributed by atoms with van der Waals surface area (Å²) in [6.07, 6.45) is 6.91. The fourth-order valence-corrected chi connectivity index (χ4v) is 7.12. The van der Waals surface area contributed by atoms with Crippen molar-refractivity contribution < 1.29 is 38.2 Å². The van der Waals surface area contributed by atoms with E-state index in [-0.39, 0.29) is 0 Å². The summed E-state index contributed by atoms with van der Waals surface area (Å²) >= 11 is 3.65. The molecule has 0 saturated heterocycles. The first kappa shape index (κ1) is 29.4. The quantitative estimate of drug-likeness (QED) is 0.423. The van der Waals surface area contributed by atoms with Crippen molar-refractivity contribution in [2.75, 3.05) is 11.4 Å². The van der Waals surface area contributed by atoms with Crippen molar-refractivity contribution in [2.45, 2.75) is 51.7 Å². The minimum atomic E-state index is -4.94. The Kier molecular flexibility index (Phi) is 8.92. The first-order chi connectivity index (χ1) is 18.4. The number of benzene rings is 2. The molecular weight excluding hydrogens is 556 g/mol. The monoisotopic (exact) mass is 586 g/mol. The molecule has 39 heavy (non-hydrogen) atoms. The second-order valence-electron chi connectivity index (χ2n) is 9.25. The minimum absolute atomic E-state index is 0.460. The van der Waals surface area contributed by atoms with Gasteiger partial charge in [0.05, 0.1) is 10.7 Å². The molecule has 5 rings (SSSR count). The SMILES string of the molecule is CCN1C(=CC(C)=Cc2sc3c([n+]2CC)OC(C)(c2ccccc2)C(C)=C3)Sc2ccccc21.[O-][Cl+3]([O-])([O-])[O-]. The highest BCUT2D eigenvalue weighted by Crippen LogP contribution is 2.46. The van der Waals surface area contributed by atoms with E-state index in [4.69, 9.17) is 23.4 Å². The highest BCUT2D eigenvalue weighted by atomic mass is 35.7. The van der Waals surface area contributed by atoms with Crippen LogP contribution >= 0.6 is 23.1 Å². The Morgan fingerprint density at radius 1 is 1.05 bits per heavy atom. The van der Waals surface area contributed by atoms with Gasteiger partial charge in [0.2, 0.25) is 0 Å². The lowest BCUT2D eigenvalue weighted by molar-refractivity contribution is -2.00. The van der Waals surface area contributed by atoms with Crippen LogP contribution in [0.25, 0.3) is 12.2 Å². The number of rotatable bonds is 5. The third-order valence-electron chi connectivity index (χ3n) is 6.63. The van der Waals surface area contributed by atoms with Gasteiger partial charge in [0, 0.05) is 17.5 Å². The molecule has 0 aliphatic carbocycles. The number of thiazole rings is 1. The first-order valence-electron chi connectivity index (χ1n) is 12.5. The van der Waals surface area contributed by atoms with E-state index in [0.29, 0.717) is 0 Å². The third kappa shape index (κ3) is 6.58. The highest BCUT2D eigenvalue weighted by molar-refractivity contribution is 8.03. The topological polar surface area (TPSA) is 109 Å². The van der Waals surface area contributed by atoms with E-state index in [2.05, 4.69) is 117 Å². The fraction of sp³-hybridized carbons (Fsp3) is 0.276. The molecule has 0 N–H and O–H groups in total. The fourth-order valence-electron chi connectivity index (χ4n) is 4.62. The van der Waals surface area contributed by atoms with E-state index in [1.165, 1.54) is 42.2 Å². The van der Waals surface area contributed by atoms with E-state index < -0.39 is 15.8 Å². The minimum Gasteiger partial charge on any atom is -0.427 e. The number of halogens is 1. The summed E-state index contributed by atoms with van der Waals surface area (Å²) in [5, 5.41) is 2.50. The molecule has 0 bridgehead atoms. The number of anilines is 1. The van der Waals surface area contributed by atoms with E-state index in [0.717, 1.165) is 19.0 Å². The first-order valence-corrected chi connectivity index (χ1v) is 15.4. The smallest absolute Gasteiger partial charge is 0.388 e. The number of ether oxygens (including phenoxy) is 1. The zero-order valence-corrected chi connectivity index (χ0v) is 24.9. The normalized spacial score (nSPS) is 19.6. The number of allylic oxidation sites excluding steroid dienone is 2. The van der Waals surface area contributed by atoms with Crippen LogP contribution in [-0.2, 0) is 12.1 Å². The van der Waals surface area contributed by atoms with Crippen LogP contribution in [0.2, 0.25) is 0 Å². The average molecular weight is 587 g/mol. The summed E-state index contributed by atoms with van der Waals surface area (Å²) in [6.45, 7) is 12.8. The molecule has 0 spiro atoms. The summed E-state index contributed by atoms with van der Waals surface area (Å²) < 4.78 is 43.0. The van der Waals surface area contributed by atoms with Crippen LogP contribution in [0.1, 0.15) is 50.1 Å². The van der Waals surface area contributed by atoms with Crippen molar-refractivity contribution in [3.63, 3.8) is 0 Å². The van der Waals surface area contributed by atoms with Crippen LogP contribution in [0.15, 0.2) is 81.7 Å². The predicted molar refractivity (Wildman–Crippen MR) is 145 cm³/mol. The van der Waals surface area contributed by atoms with Gasteiger partial charge in [-0.1, -0.05) is 65.6 Å². The molecule has 2 aliphatic rings. The molecular formula is C29H31ClN2O5S2. The Labute approximate surface area is 239 Å². The zero-order chi connectivity index (χ0) is 28.4. The van der Waals surface area contributed by atoms with Gasteiger partial charge in [-0.2, -0.15) is 4.57 Å².